The fourth-order valence-corrected chi connectivity index (χ4v) is 8.25. The minimum atomic E-state index is -4.38. The molecule has 0 fully saturated rings. The Kier molecular flexibility index (Phi) is 49.3. The zero-order valence-corrected chi connectivity index (χ0v) is 42.9. The van der Waals surface area contributed by atoms with Crippen molar-refractivity contribution in [1.29, 1.82) is 0 Å². The van der Waals surface area contributed by atoms with Crippen LogP contribution in [0, 0.1) is 0 Å². The van der Waals surface area contributed by atoms with E-state index in [1.54, 1.807) is 0 Å². The van der Waals surface area contributed by atoms with Crippen molar-refractivity contribution in [2.24, 2.45) is 5.73 Å². The molecule has 0 amide bonds. The molecule has 3 N–H and O–H groups in total. The highest BCUT2D eigenvalue weighted by Gasteiger charge is 2.26. The summed E-state index contributed by atoms with van der Waals surface area (Å²) in [6.07, 6.45) is 62.6. The van der Waals surface area contributed by atoms with Crippen LogP contribution in [-0.2, 0) is 32.7 Å². The Labute approximate surface area is 399 Å². The monoisotopic (exact) mass is 934 g/mol. The van der Waals surface area contributed by atoms with E-state index in [4.69, 9.17) is 24.3 Å². The largest absolute Gasteiger partial charge is 0.472 e. The Hall–Kier alpha value is -2.29. The molecule has 0 aromatic carbocycles. The first-order valence-corrected chi connectivity index (χ1v) is 28.3. The Morgan fingerprint density at radius 1 is 0.477 bits per heavy atom. The zero-order chi connectivity index (χ0) is 47.4. The molecule has 0 aromatic heterocycles. The number of ether oxygens (including phenoxy) is 2. The highest BCUT2D eigenvalue weighted by Crippen LogP contribution is 2.43. The van der Waals surface area contributed by atoms with Crippen LogP contribution in [0.5, 0.6) is 0 Å². The van der Waals surface area contributed by atoms with Gasteiger partial charge < -0.3 is 20.1 Å². The number of unbranched alkanes of at least 4 members (excludes halogenated alkanes) is 27. The maximum atomic E-state index is 12.7. The molecule has 0 heterocycles. The number of allylic oxidation sites excluding steroid dienone is 10. The first kappa shape index (κ1) is 62.7. The van der Waals surface area contributed by atoms with Crippen LogP contribution in [0.15, 0.2) is 60.8 Å². The SMILES string of the molecule is CC/C=C\C/C=C\C/C=C\C/C=C\C/C=C\CCCCCCCCCCCCCCCC(=O)OC(COC(=O)CCCCCCCCCCCCCCCCC)COP(=O)(O)OCCN. The number of phosphoric acid groups is 1. The molecule has 2 unspecified atom stereocenters. The van der Waals surface area contributed by atoms with Crippen molar-refractivity contribution < 1.29 is 37.6 Å². The fraction of sp³-hybridized carbons (Fsp3) is 0.782. The van der Waals surface area contributed by atoms with E-state index in [1.165, 1.54) is 141 Å². The Bertz CT molecular complexity index is 1250. The second-order valence-electron chi connectivity index (χ2n) is 17.7. The molecule has 0 saturated carbocycles. The normalized spacial score (nSPS) is 13.6. The van der Waals surface area contributed by atoms with Crippen LogP contribution in [0.25, 0.3) is 0 Å². The van der Waals surface area contributed by atoms with Gasteiger partial charge >= 0.3 is 19.8 Å². The highest BCUT2D eigenvalue weighted by atomic mass is 31.2. The van der Waals surface area contributed by atoms with E-state index in [1.807, 2.05) is 0 Å². The third kappa shape index (κ3) is 51.0. The number of phosphoric ester groups is 1. The van der Waals surface area contributed by atoms with Gasteiger partial charge in [0.15, 0.2) is 6.10 Å². The summed E-state index contributed by atoms with van der Waals surface area (Å²) < 4.78 is 33.0. The van der Waals surface area contributed by atoms with Crippen LogP contribution in [0.4, 0.5) is 0 Å². The van der Waals surface area contributed by atoms with Crippen LogP contribution in [0.1, 0.15) is 245 Å². The second-order valence-corrected chi connectivity index (χ2v) is 19.2. The molecule has 65 heavy (non-hydrogen) atoms. The van der Waals surface area contributed by atoms with E-state index in [-0.39, 0.29) is 38.6 Å². The predicted molar refractivity (Wildman–Crippen MR) is 275 cm³/mol. The number of hydrogen-bond donors (Lipinski definition) is 2. The molecule has 0 radical (unpaired) electrons. The zero-order valence-electron chi connectivity index (χ0n) is 42.0. The molecule has 2 atom stereocenters. The maximum Gasteiger partial charge on any atom is 0.472 e. The van der Waals surface area contributed by atoms with Gasteiger partial charge in [-0.1, -0.05) is 235 Å². The summed E-state index contributed by atoms with van der Waals surface area (Å²) in [6.45, 7) is 3.65. The molecule has 0 aromatic rings. The smallest absolute Gasteiger partial charge is 0.462 e. The summed E-state index contributed by atoms with van der Waals surface area (Å²) in [5.41, 5.74) is 5.37. The number of nitrogens with two attached hydrogens (primary N) is 1. The number of carbonyl (C=O) groups excluding carboxylic acids is 2. The second kappa shape index (κ2) is 51.1. The molecule has 0 saturated heterocycles. The van der Waals surface area contributed by atoms with Crippen LogP contribution < -0.4 is 5.73 Å². The first-order valence-electron chi connectivity index (χ1n) is 26.8. The number of esters is 2. The van der Waals surface area contributed by atoms with Crippen LogP contribution in [-0.4, -0.2) is 49.3 Å². The summed E-state index contributed by atoms with van der Waals surface area (Å²) >= 11 is 0. The standard InChI is InChI=1S/C55H100NO8P/c1-3-5-7-9-11-13-15-17-19-20-21-22-23-24-25-26-27-28-29-30-31-32-34-36-38-40-42-44-46-48-55(58)64-53(52-63-65(59,60)62-50-49-56)51-61-54(57)47-45-43-41-39-37-35-33-18-16-14-12-10-8-6-4-2/h5,7,11,13,17,19,21-22,24-25,53H,3-4,6,8-10,12,14-16,18,20,23,26-52,56H2,1-2H3,(H,59,60)/b7-5-,13-11-,19-17-,22-21-,25-24-. The van der Waals surface area contributed by atoms with Gasteiger partial charge in [-0.2, -0.15) is 0 Å². The van der Waals surface area contributed by atoms with Gasteiger partial charge in [-0.25, -0.2) is 4.57 Å². The van der Waals surface area contributed by atoms with E-state index in [0.717, 1.165) is 70.6 Å². The minimum Gasteiger partial charge on any atom is -0.462 e. The maximum absolute atomic E-state index is 12.7. The quantitative estimate of drug-likeness (QED) is 0.0265. The van der Waals surface area contributed by atoms with Crippen molar-refractivity contribution in [2.45, 2.75) is 251 Å². The van der Waals surface area contributed by atoms with Crippen molar-refractivity contribution in [3.8, 4) is 0 Å². The lowest BCUT2D eigenvalue weighted by atomic mass is 10.0. The lowest BCUT2D eigenvalue weighted by Crippen LogP contribution is -2.29. The minimum absolute atomic E-state index is 0.0531. The molecule has 10 heteroatoms. The number of rotatable bonds is 50. The van der Waals surface area contributed by atoms with Gasteiger partial charge in [0.2, 0.25) is 0 Å². The van der Waals surface area contributed by atoms with Crippen molar-refractivity contribution in [2.75, 3.05) is 26.4 Å². The molecule has 0 bridgehead atoms. The van der Waals surface area contributed by atoms with E-state index in [9.17, 15) is 19.0 Å². The van der Waals surface area contributed by atoms with Gasteiger partial charge in [-0.15, -0.1) is 0 Å². The molecule has 0 aliphatic carbocycles. The Morgan fingerprint density at radius 3 is 1.26 bits per heavy atom. The molecule has 0 spiro atoms. The van der Waals surface area contributed by atoms with E-state index in [0.29, 0.717) is 6.42 Å². The molecule has 0 aliphatic heterocycles. The van der Waals surface area contributed by atoms with Gasteiger partial charge in [0, 0.05) is 19.4 Å². The van der Waals surface area contributed by atoms with Crippen LogP contribution in [0.3, 0.4) is 0 Å². The molecular weight excluding hydrogens is 834 g/mol. The van der Waals surface area contributed by atoms with Gasteiger partial charge in [-0.3, -0.25) is 18.6 Å². The summed E-state index contributed by atoms with van der Waals surface area (Å²) in [6, 6.07) is 0. The average Bonchev–Trinajstić information content (AvgIpc) is 3.30. The summed E-state index contributed by atoms with van der Waals surface area (Å²) in [5.74, 6) is -0.821. The Morgan fingerprint density at radius 2 is 0.846 bits per heavy atom. The lowest BCUT2D eigenvalue weighted by Gasteiger charge is -2.19. The third-order valence-corrected chi connectivity index (χ3v) is 12.4. The van der Waals surface area contributed by atoms with Crippen LogP contribution >= 0.6 is 7.82 Å². The summed E-state index contributed by atoms with van der Waals surface area (Å²) in [7, 11) is -4.38. The van der Waals surface area contributed by atoms with Gasteiger partial charge in [0.05, 0.1) is 13.2 Å². The molecule has 9 nitrogen and oxygen atoms in total. The van der Waals surface area contributed by atoms with Crippen molar-refractivity contribution >= 4 is 19.8 Å². The number of carbonyl (C=O) groups is 2. The van der Waals surface area contributed by atoms with Crippen molar-refractivity contribution in [1.82, 2.24) is 0 Å². The number of hydrogen-bond acceptors (Lipinski definition) is 8. The van der Waals surface area contributed by atoms with Crippen molar-refractivity contribution in [3.63, 3.8) is 0 Å². The van der Waals surface area contributed by atoms with Gasteiger partial charge in [0.1, 0.15) is 6.61 Å². The molecule has 0 aliphatic rings. The lowest BCUT2D eigenvalue weighted by molar-refractivity contribution is -0.161. The van der Waals surface area contributed by atoms with Gasteiger partial charge in [-0.05, 0) is 57.8 Å². The van der Waals surface area contributed by atoms with E-state index < -0.39 is 26.5 Å². The average molecular weight is 934 g/mol. The summed E-state index contributed by atoms with van der Waals surface area (Å²) in [4.78, 5) is 35.1. The fourth-order valence-electron chi connectivity index (χ4n) is 7.49. The van der Waals surface area contributed by atoms with Crippen LogP contribution in [0.2, 0.25) is 0 Å². The Balaban J connectivity index is 3.97. The summed E-state index contributed by atoms with van der Waals surface area (Å²) in [5, 5.41) is 0. The first-order chi connectivity index (χ1) is 31.8. The van der Waals surface area contributed by atoms with Gasteiger partial charge in [0.25, 0.3) is 0 Å². The molecular formula is C55H100NO8P. The van der Waals surface area contributed by atoms with Crippen molar-refractivity contribution in [3.05, 3.63) is 60.8 Å². The highest BCUT2D eigenvalue weighted by molar-refractivity contribution is 7.47. The third-order valence-electron chi connectivity index (χ3n) is 11.4. The molecule has 0 rings (SSSR count). The van der Waals surface area contributed by atoms with E-state index in [2.05, 4.69) is 74.6 Å². The molecule has 378 valence electrons. The van der Waals surface area contributed by atoms with E-state index >= 15 is 0 Å². The predicted octanol–water partition coefficient (Wildman–Crippen LogP) is 16.4. The topological polar surface area (TPSA) is 134 Å².